The van der Waals surface area contributed by atoms with Crippen LogP contribution < -0.4 is 0 Å². The molecule has 0 aliphatic carbocycles. The third-order valence-corrected chi connectivity index (χ3v) is 3.77. The summed E-state index contributed by atoms with van der Waals surface area (Å²) < 4.78 is 20.1. The van der Waals surface area contributed by atoms with E-state index in [1.807, 2.05) is 41.5 Å². The Morgan fingerprint density at radius 2 is 1.95 bits per heavy atom. The molecule has 0 unspecified atom stereocenters. The summed E-state index contributed by atoms with van der Waals surface area (Å²) in [5.74, 6) is -0.332. The number of ether oxygens (including phenoxy) is 1. The molecule has 1 aromatic rings. The second-order valence-electron chi connectivity index (χ2n) is 6.39. The van der Waals surface area contributed by atoms with Gasteiger partial charge < -0.3 is 9.64 Å². The predicted octanol–water partition coefficient (Wildman–Crippen LogP) is 5.04. The van der Waals surface area contributed by atoms with Crippen molar-refractivity contribution >= 4 is 22.0 Å². The molecule has 0 radical (unpaired) electrons. The maximum atomic E-state index is 14.0. The molecule has 1 rings (SSSR count). The molecule has 118 valence electrons. The van der Waals surface area contributed by atoms with Gasteiger partial charge in [0.2, 0.25) is 0 Å². The largest absolute Gasteiger partial charge is 0.444 e. The second kappa shape index (κ2) is 6.77. The SMILES string of the molecule is Cc1cc(CN(C(=O)OC(C)(C)C)C(C)C)c(F)cc1Br. The molecule has 0 fully saturated rings. The molecule has 0 saturated carbocycles. The van der Waals surface area contributed by atoms with Crippen LogP contribution in [-0.2, 0) is 11.3 Å². The first-order valence-electron chi connectivity index (χ1n) is 6.95. The van der Waals surface area contributed by atoms with E-state index < -0.39 is 11.7 Å². The zero-order valence-corrected chi connectivity index (χ0v) is 15.0. The second-order valence-corrected chi connectivity index (χ2v) is 7.25. The third kappa shape index (κ3) is 5.30. The lowest BCUT2D eigenvalue weighted by atomic mass is 10.1. The van der Waals surface area contributed by atoms with E-state index in [1.54, 1.807) is 6.07 Å². The number of halogens is 2. The van der Waals surface area contributed by atoms with Crippen molar-refractivity contribution in [2.45, 2.75) is 59.7 Å². The average molecular weight is 360 g/mol. The van der Waals surface area contributed by atoms with Gasteiger partial charge in [-0.1, -0.05) is 22.0 Å². The summed E-state index contributed by atoms with van der Waals surface area (Å²) in [6.07, 6.45) is -0.433. The van der Waals surface area contributed by atoms with E-state index >= 15 is 0 Å². The standard InChI is InChI=1S/C16H23BrFNO2/c1-10(2)19(15(20)21-16(4,5)6)9-12-7-11(3)13(17)8-14(12)18/h7-8,10H,9H2,1-6H3. The van der Waals surface area contributed by atoms with Gasteiger partial charge >= 0.3 is 6.09 Å². The summed E-state index contributed by atoms with van der Waals surface area (Å²) in [6, 6.07) is 3.10. The fourth-order valence-electron chi connectivity index (χ4n) is 1.80. The van der Waals surface area contributed by atoms with Crippen LogP contribution in [0.3, 0.4) is 0 Å². The van der Waals surface area contributed by atoms with Gasteiger partial charge in [0.05, 0.1) is 6.54 Å². The van der Waals surface area contributed by atoms with Gasteiger partial charge in [0.25, 0.3) is 0 Å². The first-order valence-corrected chi connectivity index (χ1v) is 7.74. The van der Waals surface area contributed by atoms with Gasteiger partial charge in [0.15, 0.2) is 0 Å². The zero-order chi connectivity index (χ0) is 16.4. The number of rotatable bonds is 3. The smallest absolute Gasteiger partial charge is 0.410 e. The minimum absolute atomic E-state index is 0.0804. The minimum atomic E-state index is -0.571. The number of carbonyl (C=O) groups is 1. The van der Waals surface area contributed by atoms with Crippen LogP contribution in [0.5, 0.6) is 0 Å². The number of hydrogen-bond donors (Lipinski definition) is 0. The molecule has 0 heterocycles. The highest BCUT2D eigenvalue weighted by molar-refractivity contribution is 9.10. The van der Waals surface area contributed by atoms with Crippen molar-refractivity contribution < 1.29 is 13.9 Å². The van der Waals surface area contributed by atoms with Crippen LogP contribution in [0.4, 0.5) is 9.18 Å². The lowest BCUT2D eigenvalue weighted by Gasteiger charge is -2.30. The van der Waals surface area contributed by atoms with Crippen molar-refractivity contribution in [3.8, 4) is 0 Å². The molecule has 0 spiro atoms. The molecule has 1 amide bonds. The zero-order valence-electron chi connectivity index (χ0n) is 13.5. The Bertz CT molecular complexity index is 524. The molecular weight excluding hydrogens is 337 g/mol. The summed E-state index contributed by atoms with van der Waals surface area (Å²) in [5, 5.41) is 0. The highest BCUT2D eigenvalue weighted by atomic mass is 79.9. The van der Waals surface area contributed by atoms with Crippen molar-refractivity contribution in [3.63, 3.8) is 0 Å². The molecule has 0 aromatic heterocycles. The fraction of sp³-hybridized carbons (Fsp3) is 0.562. The number of hydrogen-bond acceptors (Lipinski definition) is 2. The van der Waals surface area contributed by atoms with Crippen LogP contribution in [0, 0.1) is 12.7 Å². The number of aryl methyl sites for hydroxylation is 1. The molecule has 21 heavy (non-hydrogen) atoms. The van der Waals surface area contributed by atoms with E-state index in [0.29, 0.717) is 5.56 Å². The molecule has 1 aromatic carbocycles. The summed E-state index contributed by atoms with van der Waals surface area (Å²) in [4.78, 5) is 13.8. The van der Waals surface area contributed by atoms with Crippen LogP contribution in [0.15, 0.2) is 16.6 Å². The number of carbonyl (C=O) groups excluding carboxylic acids is 1. The van der Waals surface area contributed by atoms with E-state index in [4.69, 9.17) is 4.74 Å². The fourth-order valence-corrected chi connectivity index (χ4v) is 2.12. The summed E-state index contributed by atoms with van der Waals surface area (Å²) >= 11 is 3.30. The van der Waals surface area contributed by atoms with Crippen molar-refractivity contribution in [2.75, 3.05) is 0 Å². The molecule has 0 aliphatic heterocycles. The maximum Gasteiger partial charge on any atom is 0.410 e. The maximum absolute atomic E-state index is 14.0. The summed E-state index contributed by atoms with van der Waals surface area (Å²) in [7, 11) is 0. The Kier molecular flexibility index (Phi) is 5.79. The lowest BCUT2D eigenvalue weighted by molar-refractivity contribution is 0.0170. The molecular formula is C16H23BrFNO2. The Morgan fingerprint density at radius 3 is 2.43 bits per heavy atom. The van der Waals surface area contributed by atoms with E-state index in [1.165, 1.54) is 11.0 Å². The minimum Gasteiger partial charge on any atom is -0.444 e. The summed E-state index contributed by atoms with van der Waals surface area (Å²) in [6.45, 7) is 11.3. The number of amides is 1. The Morgan fingerprint density at radius 1 is 1.38 bits per heavy atom. The van der Waals surface area contributed by atoms with Gasteiger partial charge in [-0.05, 0) is 53.2 Å². The van der Waals surface area contributed by atoms with Crippen LogP contribution >= 0.6 is 15.9 Å². The highest BCUT2D eigenvalue weighted by Gasteiger charge is 2.25. The van der Waals surface area contributed by atoms with Crippen molar-refractivity contribution in [3.05, 3.63) is 33.5 Å². The molecule has 0 N–H and O–H groups in total. The Labute approximate surface area is 134 Å². The van der Waals surface area contributed by atoms with Gasteiger partial charge in [-0.25, -0.2) is 9.18 Å². The molecule has 0 bridgehead atoms. The van der Waals surface area contributed by atoms with Gasteiger partial charge in [0, 0.05) is 16.1 Å². The normalized spacial score (nSPS) is 11.7. The summed E-state index contributed by atoms with van der Waals surface area (Å²) in [5.41, 5.74) is 0.841. The van der Waals surface area contributed by atoms with Gasteiger partial charge in [-0.15, -0.1) is 0 Å². The Hall–Kier alpha value is -1.10. The van der Waals surface area contributed by atoms with Crippen LogP contribution in [0.2, 0.25) is 0 Å². The van der Waals surface area contributed by atoms with Crippen molar-refractivity contribution in [1.29, 1.82) is 0 Å². The van der Waals surface area contributed by atoms with Crippen LogP contribution in [0.25, 0.3) is 0 Å². The molecule has 3 nitrogen and oxygen atoms in total. The van der Waals surface area contributed by atoms with E-state index in [0.717, 1.165) is 10.0 Å². The number of nitrogens with zero attached hydrogens (tertiary/aromatic N) is 1. The molecule has 0 saturated heterocycles. The van der Waals surface area contributed by atoms with E-state index in [9.17, 15) is 9.18 Å². The van der Waals surface area contributed by atoms with Crippen LogP contribution in [0.1, 0.15) is 45.7 Å². The topological polar surface area (TPSA) is 29.5 Å². The van der Waals surface area contributed by atoms with Crippen molar-refractivity contribution in [1.82, 2.24) is 4.90 Å². The predicted molar refractivity (Wildman–Crippen MR) is 85.8 cm³/mol. The average Bonchev–Trinajstić information content (AvgIpc) is 2.29. The molecule has 5 heteroatoms. The third-order valence-electron chi connectivity index (χ3n) is 2.92. The van der Waals surface area contributed by atoms with E-state index in [-0.39, 0.29) is 18.4 Å². The highest BCUT2D eigenvalue weighted by Crippen LogP contribution is 2.23. The molecule has 0 atom stereocenters. The van der Waals surface area contributed by atoms with Crippen molar-refractivity contribution in [2.24, 2.45) is 0 Å². The van der Waals surface area contributed by atoms with Gasteiger partial charge in [-0.3, -0.25) is 0 Å². The molecule has 0 aliphatic rings. The van der Waals surface area contributed by atoms with Gasteiger partial charge in [0.1, 0.15) is 11.4 Å². The quantitative estimate of drug-likeness (QED) is 0.756. The number of benzene rings is 1. The van der Waals surface area contributed by atoms with Gasteiger partial charge in [-0.2, -0.15) is 0 Å². The monoisotopic (exact) mass is 359 g/mol. The Balaban J connectivity index is 2.99. The van der Waals surface area contributed by atoms with Crippen LogP contribution in [-0.4, -0.2) is 22.6 Å². The van der Waals surface area contributed by atoms with E-state index in [2.05, 4.69) is 15.9 Å². The first-order chi connectivity index (χ1) is 9.51. The lowest BCUT2D eigenvalue weighted by Crippen LogP contribution is -2.40. The first kappa shape index (κ1) is 18.0.